The minimum Gasteiger partial charge on any atom is -0.313 e. The Morgan fingerprint density at radius 3 is 2.70 bits per heavy atom. The van der Waals surface area contributed by atoms with Crippen molar-refractivity contribution in [2.24, 2.45) is 5.92 Å². The van der Waals surface area contributed by atoms with Gasteiger partial charge in [-0.1, -0.05) is 38.5 Å². The molecule has 0 bridgehead atoms. The lowest BCUT2D eigenvalue weighted by Crippen LogP contribution is -2.21. The van der Waals surface area contributed by atoms with E-state index in [9.17, 15) is 0 Å². The first-order valence-electron chi connectivity index (χ1n) is 7.31. The average Bonchev–Trinajstić information content (AvgIpc) is 2.45. The van der Waals surface area contributed by atoms with Crippen LogP contribution < -0.4 is 5.32 Å². The molecule has 0 fully saturated rings. The van der Waals surface area contributed by atoms with E-state index >= 15 is 0 Å². The zero-order chi connectivity index (χ0) is 14.4. The van der Waals surface area contributed by atoms with Crippen molar-refractivity contribution < 1.29 is 0 Å². The number of para-hydroxylation sites is 2. The molecular weight excluding hydrogens is 246 g/mol. The molecule has 1 heterocycles. The lowest BCUT2D eigenvalue weighted by molar-refractivity contribution is 0.569. The van der Waals surface area contributed by atoms with Gasteiger partial charge in [0.15, 0.2) is 0 Å². The molecule has 0 saturated heterocycles. The Hall–Kier alpha value is -1.74. The van der Waals surface area contributed by atoms with Crippen LogP contribution in [-0.4, -0.2) is 23.1 Å². The van der Waals surface area contributed by atoms with E-state index in [1.807, 2.05) is 30.5 Å². The van der Waals surface area contributed by atoms with E-state index in [1.165, 1.54) is 5.57 Å². The highest BCUT2D eigenvalue weighted by Crippen LogP contribution is 2.12. The summed E-state index contributed by atoms with van der Waals surface area (Å²) in [6.07, 6.45) is 5.02. The monoisotopic (exact) mass is 269 g/mol. The first-order chi connectivity index (χ1) is 9.69. The van der Waals surface area contributed by atoms with Gasteiger partial charge in [0.05, 0.1) is 22.9 Å². The Bertz CT molecular complexity index is 588. The predicted molar refractivity (Wildman–Crippen MR) is 85.5 cm³/mol. The number of rotatable bonds is 6. The fourth-order valence-corrected chi connectivity index (χ4v) is 2.05. The largest absolute Gasteiger partial charge is 0.313 e. The van der Waals surface area contributed by atoms with Crippen LogP contribution in [-0.2, 0) is 0 Å². The molecule has 0 amide bonds. The van der Waals surface area contributed by atoms with Crippen molar-refractivity contribution in [2.75, 3.05) is 13.1 Å². The van der Waals surface area contributed by atoms with Crippen LogP contribution >= 0.6 is 0 Å². The lowest BCUT2D eigenvalue weighted by Gasteiger charge is -2.09. The first kappa shape index (κ1) is 14.7. The summed E-state index contributed by atoms with van der Waals surface area (Å²) < 4.78 is 0. The zero-order valence-electron chi connectivity index (χ0n) is 12.6. The van der Waals surface area contributed by atoms with Gasteiger partial charge in [-0.25, -0.2) is 4.98 Å². The molecule has 0 spiro atoms. The summed E-state index contributed by atoms with van der Waals surface area (Å²) in [5.74, 6) is 0.675. The number of fused-ring (bicyclic) bond motifs is 1. The van der Waals surface area contributed by atoms with Crippen molar-refractivity contribution in [3.05, 3.63) is 41.7 Å². The molecule has 0 unspecified atom stereocenters. The van der Waals surface area contributed by atoms with Gasteiger partial charge in [-0.2, -0.15) is 0 Å². The highest BCUT2D eigenvalue weighted by Gasteiger charge is 2.00. The topological polar surface area (TPSA) is 37.8 Å². The number of nitrogens with zero attached hydrogens (tertiary/aromatic N) is 2. The van der Waals surface area contributed by atoms with Gasteiger partial charge in [0.1, 0.15) is 0 Å². The average molecular weight is 269 g/mol. The SMILES string of the molecule is CCC(=Cc1cnc2ccccc2n1)CNCC(C)C. The maximum absolute atomic E-state index is 4.64. The van der Waals surface area contributed by atoms with Crippen LogP contribution in [0.15, 0.2) is 36.0 Å². The van der Waals surface area contributed by atoms with Crippen LogP contribution in [0.3, 0.4) is 0 Å². The summed E-state index contributed by atoms with van der Waals surface area (Å²) in [5, 5.41) is 3.48. The maximum Gasteiger partial charge on any atom is 0.0894 e. The van der Waals surface area contributed by atoms with E-state index in [1.54, 1.807) is 0 Å². The van der Waals surface area contributed by atoms with Gasteiger partial charge in [-0.05, 0) is 37.1 Å². The second-order valence-corrected chi connectivity index (χ2v) is 5.46. The molecule has 106 valence electrons. The molecule has 0 aliphatic carbocycles. The van der Waals surface area contributed by atoms with Gasteiger partial charge in [0, 0.05) is 6.54 Å². The van der Waals surface area contributed by atoms with Crippen LogP contribution in [0.4, 0.5) is 0 Å². The summed E-state index contributed by atoms with van der Waals surface area (Å²) in [4.78, 5) is 9.09. The van der Waals surface area contributed by atoms with E-state index in [0.29, 0.717) is 5.92 Å². The summed E-state index contributed by atoms with van der Waals surface area (Å²) in [6.45, 7) is 8.58. The maximum atomic E-state index is 4.64. The Morgan fingerprint density at radius 1 is 1.25 bits per heavy atom. The van der Waals surface area contributed by atoms with Crippen molar-refractivity contribution >= 4 is 17.1 Å². The van der Waals surface area contributed by atoms with E-state index in [2.05, 4.69) is 42.1 Å². The Morgan fingerprint density at radius 2 is 2.00 bits per heavy atom. The number of nitrogens with one attached hydrogen (secondary N) is 1. The molecule has 3 nitrogen and oxygen atoms in total. The van der Waals surface area contributed by atoms with Gasteiger partial charge in [-0.15, -0.1) is 0 Å². The van der Waals surface area contributed by atoms with E-state index in [-0.39, 0.29) is 0 Å². The van der Waals surface area contributed by atoms with Gasteiger partial charge in [0.2, 0.25) is 0 Å². The molecule has 0 radical (unpaired) electrons. The normalized spacial score (nSPS) is 12.3. The first-order valence-corrected chi connectivity index (χ1v) is 7.31. The molecule has 0 aliphatic heterocycles. The van der Waals surface area contributed by atoms with Gasteiger partial charge in [0.25, 0.3) is 0 Å². The van der Waals surface area contributed by atoms with Gasteiger partial charge in [-0.3, -0.25) is 4.98 Å². The molecule has 2 aromatic rings. The molecule has 3 heteroatoms. The summed E-state index contributed by atoms with van der Waals surface area (Å²) in [5.41, 5.74) is 4.19. The number of benzene rings is 1. The number of hydrogen-bond acceptors (Lipinski definition) is 3. The van der Waals surface area contributed by atoms with Crippen molar-refractivity contribution in [1.29, 1.82) is 0 Å². The summed E-state index contributed by atoms with van der Waals surface area (Å²) >= 11 is 0. The smallest absolute Gasteiger partial charge is 0.0894 e. The van der Waals surface area contributed by atoms with Crippen LogP contribution in [0.25, 0.3) is 17.1 Å². The van der Waals surface area contributed by atoms with Crippen LogP contribution in [0.2, 0.25) is 0 Å². The van der Waals surface area contributed by atoms with Crippen molar-refractivity contribution in [3.8, 4) is 0 Å². The van der Waals surface area contributed by atoms with Crippen molar-refractivity contribution in [3.63, 3.8) is 0 Å². The van der Waals surface area contributed by atoms with Crippen LogP contribution in [0.1, 0.15) is 32.9 Å². The fraction of sp³-hybridized carbons (Fsp3) is 0.412. The quantitative estimate of drug-likeness (QED) is 0.869. The standard InChI is InChI=1S/C17H23N3/c1-4-14(11-18-10-13(2)3)9-15-12-19-16-7-5-6-8-17(16)20-15/h5-9,12-13,18H,4,10-11H2,1-3H3. The lowest BCUT2D eigenvalue weighted by atomic mass is 10.1. The van der Waals surface area contributed by atoms with Crippen molar-refractivity contribution in [2.45, 2.75) is 27.2 Å². The van der Waals surface area contributed by atoms with Crippen LogP contribution in [0.5, 0.6) is 0 Å². The molecular formula is C17H23N3. The highest BCUT2D eigenvalue weighted by molar-refractivity contribution is 5.74. The number of hydrogen-bond donors (Lipinski definition) is 1. The third kappa shape index (κ3) is 4.14. The zero-order valence-corrected chi connectivity index (χ0v) is 12.6. The minimum absolute atomic E-state index is 0.675. The Kier molecular flexibility index (Phi) is 5.24. The minimum atomic E-state index is 0.675. The van der Waals surface area contributed by atoms with E-state index in [4.69, 9.17) is 0 Å². The molecule has 20 heavy (non-hydrogen) atoms. The molecule has 1 N–H and O–H groups in total. The van der Waals surface area contributed by atoms with E-state index < -0.39 is 0 Å². The van der Waals surface area contributed by atoms with E-state index in [0.717, 1.165) is 36.2 Å². The third-order valence-electron chi connectivity index (χ3n) is 3.18. The highest BCUT2D eigenvalue weighted by atomic mass is 14.9. The fourth-order valence-electron chi connectivity index (χ4n) is 2.05. The summed E-state index contributed by atoms with van der Waals surface area (Å²) in [7, 11) is 0. The second-order valence-electron chi connectivity index (χ2n) is 5.46. The van der Waals surface area contributed by atoms with Crippen molar-refractivity contribution in [1.82, 2.24) is 15.3 Å². The van der Waals surface area contributed by atoms with Gasteiger partial charge >= 0.3 is 0 Å². The molecule has 2 rings (SSSR count). The predicted octanol–water partition coefficient (Wildman–Crippen LogP) is 3.67. The summed E-state index contributed by atoms with van der Waals surface area (Å²) in [6, 6.07) is 7.97. The van der Waals surface area contributed by atoms with Crippen LogP contribution in [0, 0.1) is 5.92 Å². The Balaban J connectivity index is 2.12. The van der Waals surface area contributed by atoms with Gasteiger partial charge < -0.3 is 5.32 Å². The molecule has 0 saturated carbocycles. The number of aromatic nitrogens is 2. The Labute approximate surface area is 121 Å². The molecule has 1 aromatic heterocycles. The molecule has 0 atom stereocenters. The third-order valence-corrected chi connectivity index (χ3v) is 3.18. The molecule has 0 aliphatic rings. The second kappa shape index (κ2) is 7.15. The molecule has 1 aromatic carbocycles.